The van der Waals surface area contributed by atoms with Gasteiger partial charge in [0, 0.05) is 24.4 Å². The molecule has 0 saturated carbocycles. The molecule has 0 aromatic heterocycles. The molecule has 1 aromatic carbocycles. The van der Waals surface area contributed by atoms with E-state index in [1.807, 2.05) is 0 Å². The highest BCUT2D eigenvalue weighted by molar-refractivity contribution is 6.32. The molecule has 5 nitrogen and oxygen atoms in total. The highest BCUT2D eigenvalue weighted by Gasteiger charge is 2.15. The smallest absolute Gasteiger partial charge is 0.182 e. The number of aliphatic hydroxyl groups excluding tert-OH is 1. The molecule has 0 atom stereocenters. The lowest BCUT2D eigenvalue weighted by Crippen LogP contribution is -2.17. The zero-order chi connectivity index (χ0) is 14.7. The molecule has 0 saturated heterocycles. The van der Waals surface area contributed by atoms with Crippen LogP contribution in [0.4, 0.5) is 0 Å². The summed E-state index contributed by atoms with van der Waals surface area (Å²) in [7, 11) is 1.73. The summed E-state index contributed by atoms with van der Waals surface area (Å²) in [6, 6.07) is 4.55. The molecule has 1 heterocycles. The van der Waals surface area contributed by atoms with Gasteiger partial charge in [-0.15, -0.1) is 0 Å². The summed E-state index contributed by atoms with van der Waals surface area (Å²) >= 11 is 6.13. The molecular weight excluding hydrogens is 280 g/mol. The summed E-state index contributed by atoms with van der Waals surface area (Å²) in [5.41, 5.74) is 2.07. The zero-order valence-electron chi connectivity index (χ0n) is 10.8. The standard InChI is InChI=1S/C14H15ClN2O3/c1-16-12(13-10(15)3-2-6-17-13)8-4-5-9(14(19)20)11(18)7-8/h2-7,14,16-20H,1H3/b13-12-. The highest BCUT2D eigenvalue weighted by atomic mass is 35.5. The second-order valence-corrected chi connectivity index (χ2v) is 4.57. The van der Waals surface area contributed by atoms with E-state index in [1.54, 1.807) is 31.5 Å². The molecule has 5 N–H and O–H groups in total. The summed E-state index contributed by atoms with van der Waals surface area (Å²) < 4.78 is 0. The van der Waals surface area contributed by atoms with Gasteiger partial charge in [0.25, 0.3) is 0 Å². The lowest BCUT2D eigenvalue weighted by molar-refractivity contribution is -0.0438. The Hall–Kier alpha value is -1.95. The van der Waals surface area contributed by atoms with Gasteiger partial charge in [-0.3, -0.25) is 0 Å². The van der Waals surface area contributed by atoms with Gasteiger partial charge in [-0.1, -0.05) is 17.7 Å². The van der Waals surface area contributed by atoms with Gasteiger partial charge in [-0.05, 0) is 24.3 Å². The van der Waals surface area contributed by atoms with Crippen LogP contribution in [0.3, 0.4) is 0 Å². The molecule has 0 bridgehead atoms. The van der Waals surface area contributed by atoms with Crippen molar-refractivity contribution in [2.45, 2.75) is 6.29 Å². The molecule has 0 radical (unpaired) electrons. The van der Waals surface area contributed by atoms with E-state index in [2.05, 4.69) is 10.6 Å². The highest BCUT2D eigenvalue weighted by Crippen LogP contribution is 2.29. The first-order valence-corrected chi connectivity index (χ1v) is 6.33. The molecular formula is C14H15ClN2O3. The van der Waals surface area contributed by atoms with Gasteiger partial charge in [-0.2, -0.15) is 0 Å². The predicted molar refractivity (Wildman–Crippen MR) is 77.5 cm³/mol. The second-order valence-electron chi connectivity index (χ2n) is 4.17. The normalized spacial score (nSPS) is 16.8. The molecule has 0 fully saturated rings. The number of dihydropyridines is 1. The molecule has 1 aliphatic rings. The number of nitrogens with one attached hydrogen (secondary N) is 2. The Morgan fingerprint density at radius 1 is 1.35 bits per heavy atom. The van der Waals surface area contributed by atoms with Crippen molar-refractivity contribution >= 4 is 17.3 Å². The van der Waals surface area contributed by atoms with Crippen LogP contribution in [0.2, 0.25) is 0 Å². The first-order valence-electron chi connectivity index (χ1n) is 5.95. The van der Waals surface area contributed by atoms with E-state index in [1.165, 1.54) is 12.1 Å². The molecule has 20 heavy (non-hydrogen) atoms. The van der Waals surface area contributed by atoms with Crippen LogP contribution in [0, 0.1) is 0 Å². The Labute approximate surface area is 121 Å². The summed E-state index contributed by atoms with van der Waals surface area (Å²) in [4.78, 5) is 0. The third kappa shape index (κ3) is 2.80. The summed E-state index contributed by atoms with van der Waals surface area (Å²) in [5, 5.41) is 34.6. The van der Waals surface area contributed by atoms with Crippen LogP contribution in [-0.4, -0.2) is 22.4 Å². The van der Waals surface area contributed by atoms with Crippen molar-refractivity contribution in [3.63, 3.8) is 0 Å². The number of aromatic hydroxyl groups is 1. The monoisotopic (exact) mass is 294 g/mol. The minimum Gasteiger partial charge on any atom is -0.507 e. The average molecular weight is 295 g/mol. The Kier molecular flexibility index (Phi) is 4.34. The van der Waals surface area contributed by atoms with E-state index in [-0.39, 0.29) is 11.3 Å². The molecule has 0 unspecified atom stereocenters. The summed E-state index contributed by atoms with van der Waals surface area (Å²) in [5.74, 6) is -0.197. The van der Waals surface area contributed by atoms with Crippen LogP contribution in [-0.2, 0) is 0 Å². The van der Waals surface area contributed by atoms with E-state index < -0.39 is 6.29 Å². The van der Waals surface area contributed by atoms with Gasteiger partial charge < -0.3 is 26.0 Å². The lowest BCUT2D eigenvalue weighted by Gasteiger charge is -2.18. The number of benzene rings is 1. The summed E-state index contributed by atoms with van der Waals surface area (Å²) in [6.07, 6.45) is 3.55. The number of hydrogen-bond acceptors (Lipinski definition) is 5. The fourth-order valence-corrected chi connectivity index (χ4v) is 2.16. The van der Waals surface area contributed by atoms with E-state index >= 15 is 0 Å². The molecule has 0 aliphatic carbocycles. The van der Waals surface area contributed by atoms with Crippen LogP contribution in [0.1, 0.15) is 17.4 Å². The van der Waals surface area contributed by atoms with Crippen molar-refractivity contribution in [3.05, 3.63) is 58.4 Å². The number of aliphatic hydroxyl groups is 2. The van der Waals surface area contributed by atoms with Crippen molar-refractivity contribution in [1.82, 2.24) is 10.6 Å². The molecule has 106 valence electrons. The predicted octanol–water partition coefficient (Wildman–Crippen LogP) is 1.50. The van der Waals surface area contributed by atoms with Crippen molar-refractivity contribution < 1.29 is 15.3 Å². The van der Waals surface area contributed by atoms with Gasteiger partial charge >= 0.3 is 0 Å². The molecule has 6 heteroatoms. The Bertz CT molecular complexity index is 606. The maximum absolute atomic E-state index is 9.82. The molecule has 0 spiro atoms. The van der Waals surface area contributed by atoms with Gasteiger partial charge in [-0.25, -0.2) is 0 Å². The number of phenolic OH excluding ortho intramolecular Hbond substituents is 1. The Morgan fingerprint density at radius 3 is 2.65 bits per heavy atom. The SMILES string of the molecule is CN/C(=C1\NC=CC=C1Cl)c1ccc(C(O)O)c(O)c1. The van der Waals surface area contributed by atoms with E-state index in [9.17, 15) is 5.11 Å². The van der Waals surface area contributed by atoms with E-state index in [0.29, 0.717) is 22.0 Å². The lowest BCUT2D eigenvalue weighted by atomic mass is 10.0. The van der Waals surface area contributed by atoms with Crippen LogP contribution in [0.5, 0.6) is 5.75 Å². The molecule has 1 aliphatic heterocycles. The summed E-state index contributed by atoms with van der Waals surface area (Å²) in [6.45, 7) is 0. The second kappa shape index (κ2) is 6.00. The van der Waals surface area contributed by atoms with Crippen LogP contribution < -0.4 is 10.6 Å². The average Bonchev–Trinajstić information content (AvgIpc) is 2.41. The number of rotatable bonds is 3. The van der Waals surface area contributed by atoms with Gasteiger partial charge in [0.1, 0.15) is 5.75 Å². The number of allylic oxidation sites excluding steroid dienone is 3. The Balaban J connectivity index is 2.48. The number of phenols is 1. The zero-order valence-corrected chi connectivity index (χ0v) is 11.5. The maximum Gasteiger partial charge on any atom is 0.182 e. The minimum atomic E-state index is -1.71. The van der Waals surface area contributed by atoms with Crippen molar-refractivity contribution in [2.24, 2.45) is 0 Å². The quantitative estimate of drug-likeness (QED) is 0.546. The van der Waals surface area contributed by atoms with E-state index in [4.69, 9.17) is 21.8 Å². The fraction of sp³-hybridized carbons (Fsp3) is 0.143. The number of halogens is 1. The topological polar surface area (TPSA) is 84.8 Å². The van der Waals surface area contributed by atoms with Gasteiger partial charge in [0.05, 0.1) is 16.4 Å². The van der Waals surface area contributed by atoms with Crippen LogP contribution in [0.25, 0.3) is 5.70 Å². The molecule has 2 rings (SSSR count). The van der Waals surface area contributed by atoms with Crippen molar-refractivity contribution in [3.8, 4) is 5.75 Å². The van der Waals surface area contributed by atoms with Crippen LogP contribution >= 0.6 is 11.6 Å². The Morgan fingerprint density at radius 2 is 2.10 bits per heavy atom. The third-order valence-corrected chi connectivity index (χ3v) is 3.22. The van der Waals surface area contributed by atoms with Gasteiger partial charge in [0.2, 0.25) is 0 Å². The van der Waals surface area contributed by atoms with Crippen LogP contribution in [0.15, 0.2) is 47.3 Å². The largest absolute Gasteiger partial charge is 0.507 e. The number of hydrogen-bond donors (Lipinski definition) is 5. The first-order chi connectivity index (χ1) is 9.54. The van der Waals surface area contributed by atoms with Crippen molar-refractivity contribution in [2.75, 3.05) is 7.05 Å². The van der Waals surface area contributed by atoms with E-state index in [0.717, 1.165) is 0 Å². The maximum atomic E-state index is 9.82. The fourth-order valence-electron chi connectivity index (χ4n) is 1.94. The molecule has 0 amide bonds. The van der Waals surface area contributed by atoms with Crippen molar-refractivity contribution in [1.29, 1.82) is 0 Å². The third-order valence-electron chi connectivity index (χ3n) is 2.90. The van der Waals surface area contributed by atoms with Gasteiger partial charge in [0.15, 0.2) is 6.29 Å². The first kappa shape index (κ1) is 14.5. The molecule has 1 aromatic rings. The minimum absolute atomic E-state index is 0.0485.